The fraction of sp³-hybridized carbons (Fsp3) is 0.364. The van der Waals surface area contributed by atoms with E-state index in [0.717, 1.165) is 0 Å². The van der Waals surface area contributed by atoms with Crippen molar-refractivity contribution in [3.05, 3.63) is 89.1 Å². The minimum atomic E-state index is -2.87. The minimum absolute atomic E-state index is 0.0425. The maximum Gasteiger partial charge on any atom is 0.252 e. The van der Waals surface area contributed by atoms with E-state index in [-0.39, 0.29) is 30.1 Å². The average Bonchev–Trinajstić information content (AvgIpc) is 3.63. The van der Waals surface area contributed by atoms with Gasteiger partial charge >= 0.3 is 0 Å². The van der Waals surface area contributed by atoms with Gasteiger partial charge in [-0.2, -0.15) is 5.26 Å². The van der Waals surface area contributed by atoms with Crippen molar-refractivity contribution in [2.75, 3.05) is 9.80 Å². The van der Waals surface area contributed by atoms with E-state index in [1.54, 1.807) is 55.5 Å². The number of halogens is 2. The van der Waals surface area contributed by atoms with Gasteiger partial charge in [-0.05, 0) is 67.1 Å². The number of benzene rings is 2. The molecular weight excluding hydrogens is 568 g/mol. The molecule has 0 spiro atoms. The van der Waals surface area contributed by atoms with Gasteiger partial charge in [-0.25, -0.2) is 13.8 Å². The zero-order chi connectivity index (χ0) is 31.2. The average molecular weight is 600 g/mol. The Labute approximate surface area is 253 Å². The first-order valence-electron chi connectivity index (χ1n) is 14.6. The Morgan fingerprint density at radius 2 is 1.89 bits per heavy atom. The zero-order valence-electron chi connectivity index (χ0n) is 24.0. The highest BCUT2D eigenvalue weighted by molar-refractivity contribution is 6.10. The molecule has 3 aliphatic rings. The lowest BCUT2D eigenvalue weighted by atomic mass is 9.87. The summed E-state index contributed by atoms with van der Waals surface area (Å²) in [5.41, 5.74) is 1.30. The highest BCUT2D eigenvalue weighted by Crippen LogP contribution is 2.47. The predicted molar refractivity (Wildman–Crippen MR) is 157 cm³/mol. The molecule has 0 unspecified atom stereocenters. The number of nitriles is 1. The Bertz CT molecular complexity index is 1680. The highest BCUT2D eigenvalue weighted by atomic mass is 19.3. The number of rotatable bonds is 8. The van der Waals surface area contributed by atoms with E-state index in [0.29, 0.717) is 35.2 Å². The molecule has 2 aromatic carbocycles. The number of aromatic nitrogens is 1. The molecule has 44 heavy (non-hydrogen) atoms. The molecule has 3 amide bonds. The minimum Gasteiger partial charge on any atom is -0.385 e. The Kier molecular flexibility index (Phi) is 7.41. The second kappa shape index (κ2) is 11.1. The van der Waals surface area contributed by atoms with E-state index in [1.807, 2.05) is 6.07 Å². The molecular formula is C33H31F2N5O4. The number of aryl methyl sites for hydroxylation is 1. The monoisotopic (exact) mass is 599 g/mol. The van der Waals surface area contributed by atoms with Crippen LogP contribution >= 0.6 is 0 Å². The number of anilines is 2. The number of nitrogens with zero attached hydrogens (tertiary/aromatic N) is 4. The van der Waals surface area contributed by atoms with Crippen LogP contribution in [0.4, 0.5) is 20.3 Å². The molecule has 3 aromatic rings. The molecule has 1 aromatic heterocycles. The van der Waals surface area contributed by atoms with Gasteiger partial charge in [0, 0.05) is 37.2 Å². The molecule has 2 heterocycles. The SMILES string of the molecule is Cc1ccccc1[C@@H](C(=O)NC1CC(F)(F)C1)N(C(=O)[C@@H]1CCC(=O)N1c1cc(C#N)ccn1)c1cccc(C2(O)CC2)c1. The van der Waals surface area contributed by atoms with Crippen molar-refractivity contribution in [3.8, 4) is 6.07 Å². The van der Waals surface area contributed by atoms with Crippen LogP contribution in [-0.4, -0.2) is 45.8 Å². The van der Waals surface area contributed by atoms with Crippen LogP contribution in [-0.2, 0) is 20.0 Å². The largest absolute Gasteiger partial charge is 0.385 e. The standard InChI is InChI=1S/C33H31F2N5O4/c1-20-5-2-3-8-25(20)29(30(42)38-23-17-33(34,35)18-23)39(24-7-4-6-22(16-24)32(44)12-13-32)31(43)26-9-10-28(41)40(26)27-15-21(19-36)11-14-37-27/h2-8,11,14-16,23,26,29,44H,9-10,12-13,17-18H2,1H3,(H,38,42)/t26-,29-/m0/s1. The molecule has 226 valence electrons. The first-order chi connectivity index (χ1) is 21.0. The lowest BCUT2D eigenvalue weighted by Crippen LogP contribution is -2.56. The molecule has 2 N–H and O–H groups in total. The van der Waals surface area contributed by atoms with Gasteiger partial charge in [0.25, 0.3) is 11.8 Å². The van der Waals surface area contributed by atoms with Gasteiger partial charge in [0.2, 0.25) is 11.8 Å². The lowest BCUT2D eigenvalue weighted by Gasteiger charge is -2.39. The Hall–Kier alpha value is -4.69. The van der Waals surface area contributed by atoms with Crippen molar-refractivity contribution >= 4 is 29.2 Å². The van der Waals surface area contributed by atoms with Crippen LogP contribution in [0.2, 0.25) is 0 Å². The Morgan fingerprint density at radius 3 is 2.57 bits per heavy atom. The Morgan fingerprint density at radius 1 is 1.14 bits per heavy atom. The van der Waals surface area contributed by atoms with Gasteiger partial charge in [-0.15, -0.1) is 0 Å². The van der Waals surface area contributed by atoms with Gasteiger partial charge in [0.05, 0.1) is 17.2 Å². The molecule has 3 fully saturated rings. The summed E-state index contributed by atoms with van der Waals surface area (Å²) in [6, 6.07) is 15.6. The molecule has 9 nitrogen and oxygen atoms in total. The van der Waals surface area contributed by atoms with Crippen molar-refractivity contribution in [2.45, 2.75) is 75.1 Å². The summed E-state index contributed by atoms with van der Waals surface area (Å²) >= 11 is 0. The third-order valence-electron chi connectivity index (χ3n) is 8.67. The number of alkyl halides is 2. The van der Waals surface area contributed by atoms with Crippen LogP contribution in [0, 0.1) is 18.3 Å². The molecule has 2 saturated carbocycles. The fourth-order valence-corrected chi connectivity index (χ4v) is 6.08. The van der Waals surface area contributed by atoms with Gasteiger partial charge in [0.1, 0.15) is 17.9 Å². The van der Waals surface area contributed by atoms with E-state index >= 15 is 0 Å². The van der Waals surface area contributed by atoms with Crippen LogP contribution in [0.25, 0.3) is 0 Å². The molecule has 2 aliphatic carbocycles. The summed E-state index contributed by atoms with van der Waals surface area (Å²) < 4.78 is 27.5. The topological polar surface area (TPSA) is 127 Å². The van der Waals surface area contributed by atoms with Crippen molar-refractivity contribution in [1.82, 2.24) is 10.3 Å². The molecule has 0 radical (unpaired) electrons. The Balaban J connectivity index is 1.47. The van der Waals surface area contributed by atoms with E-state index in [1.165, 1.54) is 28.1 Å². The van der Waals surface area contributed by atoms with E-state index in [2.05, 4.69) is 10.3 Å². The van der Waals surface area contributed by atoms with Crippen LogP contribution in [0.15, 0.2) is 66.9 Å². The number of hydrogen-bond acceptors (Lipinski definition) is 6. The molecule has 1 saturated heterocycles. The van der Waals surface area contributed by atoms with Crippen LogP contribution in [0.1, 0.15) is 66.8 Å². The number of amides is 3. The molecule has 11 heteroatoms. The smallest absolute Gasteiger partial charge is 0.252 e. The maximum absolute atomic E-state index is 14.8. The van der Waals surface area contributed by atoms with E-state index < -0.39 is 54.3 Å². The summed E-state index contributed by atoms with van der Waals surface area (Å²) in [6.07, 6.45) is 1.66. The zero-order valence-corrected chi connectivity index (χ0v) is 24.0. The first kappa shape index (κ1) is 29.4. The number of hydrogen-bond donors (Lipinski definition) is 2. The van der Waals surface area contributed by atoms with E-state index in [4.69, 9.17) is 0 Å². The predicted octanol–water partition coefficient (Wildman–Crippen LogP) is 4.43. The number of nitrogens with one attached hydrogen (secondary N) is 1. The second-order valence-corrected chi connectivity index (χ2v) is 11.9. The summed E-state index contributed by atoms with van der Waals surface area (Å²) in [5.74, 6) is -4.30. The second-order valence-electron chi connectivity index (χ2n) is 11.9. The third-order valence-corrected chi connectivity index (χ3v) is 8.67. The number of carbonyl (C=O) groups is 3. The summed E-state index contributed by atoms with van der Waals surface area (Å²) in [7, 11) is 0. The first-order valence-corrected chi connectivity index (χ1v) is 14.6. The normalized spacial score (nSPS) is 20.8. The number of aliphatic hydroxyl groups is 1. The van der Waals surface area contributed by atoms with Crippen molar-refractivity contribution in [2.24, 2.45) is 0 Å². The quantitative estimate of drug-likeness (QED) is 0.395. The van der Waals surface area contributed by atoms with Gasteiger partial charge in [-0.3, -0.25) is 24.2 Å². The van der Waals surface area contributed by atoms with Crippen LogP contribution < -0.4 is 15.1 Å². The van der Waals surface area contributed by atoms with Gasteiger partial charge in [0.15, 0.2) is 0 Å². The third kappa shape index (κ3) is 5.53. The van der Waals surface area contributed by atoms with Crippen molar-refractivity contribution in [3.63, 3.8) is 0 Å². The van der Waals surface area contributed by atoms with Crippen LogP contribution in [0.3, 0.4) is 0 Å². The molecule has 6 rings (SSSR count). The van der Waals surface area contributed by atoms with Gasteiger partial charge < -0.3 is 10.4 Å². The van der Waals surface area contributed by atoms with Crippen LogP contribution in [0.5, 0.6) is 0 Å². The highest BCUT2D eigenvalue weighted by Gasteiger charge is 2.49. The maximum atomic E-state index is 14.8. The fourth-order valence-electron chi connectivity index (χ4n) is 6.08. The number of carbonyl (C=O) groups excluding carboxylic acids is 3. The van der Waals surface area contributed by atoms with Gasteiger partial charge in [-0.1, -0.05) is 36.4 Å². The summed E-state index contributed by atoms with van der Waals surface area (Å²) in [5, 5.41) is 23.1. The van der Waals surface area contributed by atoms with Crippen molar-refractivity contribution < 1.29 is 28.3 Å². The lowest BCUT2D eigenvalue weighted by molar-refractivity contribution is -0.133. The molecule has 0 bridgehead atoms. The summed E-state index contributed by atoms with van der Waals surface area (Å²) in [4.78, 5) is 48.9. The summed E-state index contributed by atoms with van der Waals surface area (Å²) in [6.45, 7) is 1.79. The molecule has 2 atom stereocenters. The van der Waals surface area contributed by atoms with E-state index in [9.17, 15) is 33.5 Å². The number of pyridine rings is 1. The molecule has 1 aliphatic heterocycles. The van der Waals surface area contributed by atoms with Crippen molar-refractivity contribution in [1.29, 1.82) is 5.26 Å².